The molecule has 2 aliphatic carbocycles. The van der Waals surface area contributed by atoms with Crippen molar-refractivity contribution in [3.63, 3.8) is 0 Å². The highest BCUT2D eigenvalue weighted by molar-refractivity contribution is 6.14. The van der Waals surface area contributed by atoms with Gasteiger partial charge in [0.05, 0.1) is 11.3 Å². The van der Waals surface area contributed by atoms with Crippen molar-refractivity contribution in [1.29, 1.82) is 0 Å². The second-order valence-electron chi connectivity index (χ2n) is 5.29. The van der Waals surface area contributed by atoms with Crippen molar-refractivity contribution < 1.29 is 19.5 Å². The van der Waals surface area contributed by atoms with Crippen LogP contribution >= 0.6 is 0 Å². The largest absolute Gasteiger partial charge is 0.481 e. The van der Waals surface area contributed by atoms with E-state index in [9.17, 15) is 14.4 Å². The number of hydrogen-bond donors (Lipinski definition) is 1. The Bertz CT molecular complexity index is 364. The summed E-state index contributed by atoms with van der Waals surface area (Å²) in [4.78, 5) is 35.1. The molecule has 2 aliphatic rings. The molecule has 0 aromatic carbocycles. The summed E-state index contributed by atoms with van der Waals surface area (Å²) in [5, 5.41) is 8.93. The van der Waals surface area contributed by atoms with Gasteiger partial charge in [0.2, 0.25) is 0 Å². The summed E-state index contributed by atoms with van der Waals surface area (Å²) < 4.78 is 0. The second-order valence-corrected chi connectivity index (χ2v) is 5.29. The summed E-state index contributed by atoms with van der Waals surface area (Å²) in [5.41, 5.74) is -0.813. The molecule has 0 aromatic rings. The summed E-state index contributed by atoms with van der Waals surface area (Å²) in [7, 11) is 0. The highest BCUT2D eigenvalue weighted by Gasteiger charge is 2.55. The van der Waals surface area contributed by atoms with Gasteiger partial charge in [-0.3, -0.25) is 14.4 Å². The number of carboxylic acid groups (broad SMARTS) is 1. The molecule has 2 fully saturated rings. The van der Waals surface area contributed by atoms with Gasteiger partial charge in [-0.1, -0.05) is 6.92 Å². The summed E-state index contributed by atoms with van der Waals surface area (Å²) in [6, 6.07) is 0. The van der Waals surface area contributed by atoms with Gasteiger partial charge in [-0.15, -0.1) is 0 Å². The number of rotatable bonds is 2. The second kappa shape index (κ2) is 4.24. The van der Waals surface area contributed by atoms with E-state index in [1.807, 2.05) is 6.92 Å². The number of aliphatic carboxylic acids is 1. The van der Waals surface area contributed by atoms with Gasteiger partial charge in [0.15, 0.2) is 0 Å². The fourth-order valence-electron chi connectivity index (χ4n) is 3.25. The standard InChI is InChI=1S/C13H18O4/c1-2-8-7-10(14)13(11(8)15)5-3-9(4-6-13)12(16)17/h8-9H,2-7H2,1H3,(H,16,17). The van der Waals surface area contributed by atoms with E-state index in [1.165, 1.54) is 0 Å². The fraction of sp³-hybridized carbons (Fsp3) is 0.769. The topological polar surface area (TPSA) is 71.4 Å². The van der Waals surface area contributed by atoms with Gasteiger partial charge in [0.1, 0.15) is 11.6 Å². The molecule has 94 valence electrons. The van der Waals surface area contributed by atoms with Gasteiger partial charge in [0.25, 0.3) is 0 Å². The normalized spacial score (nSPS) is 37.7. The molecule has 4 heteroatoms. The van der Waals surface area contributed by atoms with Crippen LogP contribution < -0.4 is 0 Å². The van der Waals surface area contributed by atoms with Crippen LogP contribution in [0.15, 0.2) is 0 Å². The van der Waals surface area contributed by atoms with Crippen molar-refractivity contribution in [1.82, 2.24) is 0 Å². The van der Waals surface area contributed by atoms with Crippen molar-refractivity contribution in [2.24, 2.45) is 17.3 Å². The molecule has 0 saturated heterocycles. The molecule has 0 heterocycles. The molecule has 17 heavy (non-hydrogen) atoms. The van der Waals surface area contributed by atoms with Crippen molar-refractivity contribution in [2.45, 2.75) is 45.4 Å². The zero-order valence-electron chi connectivity index (χ0n) is 10.1. The number of Topliss-reactive ketones (excluding diaryl/α,β-unsaturated/α-hetero) is 2. The van der Waals surface area contributed by atoms with Crippen LogP contribution in [0.25, 0.3) is 0 Å². The van der Waals surface area contributed by atoms with E-state index in [2.05, 4.69) is 0 Å². The van der Waals surface area contributed by atoms with Gasteiger partial charge >= 0.3 is 5.97 Å². The summed E-state index contributed by atoms with van der Waals surface area (Å²) in [5.74, 6) is -1.16. The predicted molar refractivity (Wildman–Crippen MR) is 60.4 cm³/mol. The lowest BCUT2D eigenvalue weighted by Crippen LogP contribution is -2.39. The lowest BCUT2D eigenvalue weighted by atomic mass is 9.68. The third-order valence-corrected chi connectivity index (χ3v) is 4.49. The number of carbonyl (C=O) groups excluding carboxylic acids is 2. The van der Waals surface area contributed by atoms with Crippen LogP contribution in [0.4, 0.5) is 0 Å². The van der Waals surface area contributed by atoms with Gasteiger partial charge in [-0.25, -0.2) is 0 Å². The third kappa shape index (κ3) is 1.79. The summed E-state index contributed by atoms with van der Waals surface area (Å²) in [6.07, 6.45) is 2.89. The van der Waals surface area contributed by atoms with Gasteiger partial charge in [-0.05, 0) is 32.1 Å². The molecule has 1 N–H and O–H groups in total. The van der Waals surface area contributed by atoms with E-state index < -0.39 is 11.4 Å². The lowest BCUT2D eigenvalue weighted by Gasteiger charge is -2.33. The maximum atomic E-state index is 12.2. The zero-order valence-corrected chi connectivity index (χ0v) is 10.1. The molecule has 0 bridgehead atoms. The first-order valence-corrected chi connectivity index (χ1v) is 6.31. The Balaban J connectivity index is 2.14. The fourth-order valence-corrected chi connectivity index (χ4v) is 3.25. The Morgan fingerprint density at radius 1 is 1.35 bits per heavy atom. The molecule has 0 aliphatic heterocycles. The molecule has 1 unspecified atom stereocenters. The number of ketones is 2. The molecule has 4 nitrogen and oxygen atoms in total. The van der Waals surface area contributed by atoms with Gasteiger partial charge < -0.3 is 5.11 Å². The van der Waals surface area contributed by atoms with Crippen molar-refractivity contribution in [2.75, 3.05) is 0 Å². The van der Waals surface area contributed by atoms with E-state index >= 15 is 0 Å². The van der Waals surface area contributed by atoms with Crippen LogP contribution in [0, 0.1) is 17.3 Å². The lowest BCUT2D eigenvalue weighted by molar-refractivity contribution is -0.148. The highest BCUT2D eigenvalue weighted by atomic mass is 16.4. The van der Waals surface area contributed by atoms with E-state index in [-0.39, 0.29) is 23.4 Å². The number of hydrogen-bond acceptors (Lipinski definition) is 3. The molecule has 1 spiro atoms. The molecule has 1 atom stereocenters. The maximum absolute atomic E-state index is 12.2. The average Bonchev–Trinajstić information content (AvgIpc) is 2.55. The number of carboxylic acids is 1. The van der Waals surface area contributed by atoms with E-state index in [0.29, 0.717) is 38.5 Å². The minimum absolute atomic E-state index is 0.0539. The Labute approximate surface area is 100 Å². The predicted octanol–water partition coefficient (Wildman–Crippen LogP) is 1.82. The Morgan fingerprint density at radius 2 is 1.94 bits per heavy atom. The quantitative estimate of drug-likeness (QED) is 0.745. The summed E-state index contributed by atoms with van der Waals surface area (Å²) in [6.45, 7) is 1.93. The Hall–Kier alpha value is -1.19. The van der Waals surface area contributed by atoms with Crippen LogP contribution in [0.3, 0.4) is 0 Å². The minimum Gasteiger partial charge on any atom is -0.481 e. The highest BCUT2D eigenvalue weighted by Crippen LogP contribution is 2.48. The van der Waals surface area contributed by atoms with Crippen LogP contribution in [0.1, 0.15) is 45.4 Å². The number of carbonyl (C=O) groups is 3. The smallest absolute Gasteiger partial charge is 0.306 e. The van der Waals surface area contributed by atoms with Gasteiger partial charge in [-0.2, -0.15) is 0 Å². The Kier molecular flexibility index (Phi) is 3.06. The van der Waals surface area contributed by atoms with E-state index in [1.54, 1.807) is 0 Å². The van der Waals surface area contributed by atoms with Crippen molar-refractivity contribution in [3.8, 4) is 0 Å². The van der Waals surface area contributed by atoms with Crippen LogP contribution in [-0.4, -0.2) is 22.6 Å². The molecule has 2 rings (SSSR count). The van der Waals surface area contributed by atoms with Gasteiger partial charge in [0, 0.05) is 12.3 Å². The first kappa shape index (κ1) is 12.3. The molecule has 2 saturated carbocycles. The average molecular weight is 238 g/mol. The van der Waals surface area contributed by atoms with Crippen molar-refractivity contribution >= 4 is 17.5 Å². The minimum atomic E-state index is -0.813. The Morgan fingerprint density at radius 3 is 2.35 bits per heavy atom. The monoisotopic (exact) mass is 238 g/mol. The van der Waals surface area contributed by atoms with E-state index in [0.717, 1.165) is 0 Å². The zero-order chi connectivity index (χ0) is 12.6. The summed E-state index contributed by atoms with van der Waals surface area (Å²) >= 11 is 0. The molecular weight excluding hydrogens is 220 g/mol. The van der Waals surface area contributed by atoms with Crippen LogP contribution in [0.5, 0.6) is 0 Å². The molecular formula is C13H18O4. The third-order valence-electron chi connectivity index (χ3n) is 4.49. The SMILES string of the molecule is CCC1CC(=O)C2(CCC(C(=O)O)CC2)C1=O. The first-order chi connectivity index (χ1) is 8.01. The van der Waals surface area contributed by atoms with Crippen LogP contribution in [0.2, 0.25) is 0 Å². The molecule has 0 radical (unpaired) electrons. The first-order valence-electron chi connectivity index (χ1n) is 6.31. The van der Waals surface area contributed by atoms with Crippen molar-refractivity contribution in [3.05, 3.63) is 0 Å². The van der Waals surface area contributed by atoms with Crippen LogP contribution in [-0.2, 0) is 14.4 Å². The van der Waals surface area contributed by atoms with E-state index in [4.69, 9.17) is 5.11 Å². The molecule has 0 amide bonds. The molecule has 0 aromatic heterocycles. The maximum Gasteiger partial charge on any atom is 0.306 e.